The highest BCUT2D eigenvalue weighted by Crippen LogP contribution is 2.49. The van der Waals surface area contributed by atoms with Crippen molar-refractivity contribution >= 4 is 32.6 Å². The summed E-state index contributed by atoms with van der Waals surface area (Å²) in [5.74, 6) is 1.89. The minimum atomic E-state index is 0.0670. The maximum atomic E-state index is 5.32. The molecular formula is C57H46N4. The molecule has 0 N–H and O–H groups in total. The van der Waals surface area contributed by atoms with E-state index in [1.54, 1.807) is 0 Å². The van der Waals surface area contributed by atoms with Gasteiger partial charge in [0.25, 0.3) is 0 Å². The number of fused-ring (bicyclic) bond motifs is 6. The number of aromatic nitrogens is 4. The van der Waals surface area contributed by atoms with Crippen LogP contribution in [0.5, 0.6) is 0 Å². The second-order valence-corrected chi connectivity index (χ2v) is 18.0. The Balaban J connectivity index is 1.14. The Bertz CT molecular complexity index is 3230. The molecule has 8 aromatic carbocycles. The van der Waals surface area contributed by atoms with E-state index in [4.69, 9.17) is 15.0 Å². The molecule has 0 bridgehead atoms. The van der Waals surface area contributed by atoms with Gasteiger partial charge in [0.2, 0.25) is 0 Å². The first kappa shape index (κ1) is 36.9. The van der Waals surface area contributed by atoms with Crippen molar-refractivity contribution < 1.29 is 0 Å². The molecule has 0 spiro atoms. The van der Waals surface area contributed by atoms with E-state index in [-0.39, 0.29) is 10.8 Å². The standard InChI is InChI=1S/C57H46N4/c1-56(2)29-30-57(3,4)49-36-51-47(35-48(49)56)52-46-26-15-14-21-39(46)27-28-50(52)61(51)45-25-16-24-41(34-45)54-58-53(40-22-12-7-13-23-40)59-55(60-54)44-32-42(37-17-8-5-9-18-37)31-43(33-44)38-19-10-6-11-20-38/h5-28,31-36H,29-30H2,1-4H3. The van der Waals surface area contributed by atoms with Gasteiger partial charge in [-0.15, -0.1) is 0 Å². The fourth-order valence-electron chi connectivity index (χ4n) is 9.61. The Kier molecular flexibility index (Phi) is 8.61. The zero-order chi connectivity index (χ0) is 41.3. The molecule has 4 nitrogen and oxygen atoms in total. The Morgan fingerprint density at radius 1 is 0.377 bits per heavy atom. The van der Waals surface area contributed by atoms with Crippen molar-refractivity contribution in [2.75, 3.05) is 0 Å². The van der Waals surface area contributed by atoms with E-state index in [2.05, 4.69) is 196 Å². The monoisotopic (exact) mass is 786 g/mol. The number of rotatable bonds is 6. The summed E-state index contributed by atoms with van der Waals surface area (Å²) in [5.41, 5.74) is 13.8. The molecule has 294 valence electrons. The zero-order valence-corrected chi connectivity index (χ0v) is 35.0. The van der Waals surface area contributed by atoms with Gasteiger partial charge in [0.15, 0.2) is 17.5 Å². The second kappa shape index (κ2) is 14.2. The smallest absolute Gasteiger partial charge is 0.164 e. The molecule has 61 heavy (non-hydrogen) atoms. The van der Waals surface area contributed by atoms with Crippen molar-refractivity contribution in [3.05, 3.63) is 193 Å². The van der Waals surface area contributed by atoms with Gasteiger partial charge in [0, 0.05) is 33.2 Å². The SMILES string of the molecule is CC1(C)CCC(C)(C)c2cc3c(cc21)c1c2ccccc2ccc1n3-c1cccc(-c2nc(-c3ccccc3)nc(-c3cc(-c4ccccc4)cc(-c4ccccc4)c3)n2)c1. The molecule has 0 saturated heterocycles. The summed E-state index contributed by atoms with van der Waals surface area (Å²) in [6.07, 6.45) is 2.33. The van der Waals surface area contributed by atoms with Crippen LogP contribution in [0.2, 0.25) is 0 Å². The van der Waals surface area contributed by atoms with E-state index in [9.17, 15) is 0 Å². The van der Waals surface area contributed by atoms with E-state index < -0.39 is 0 Å². The average Bonchev–Trinajstić information content (AvgIpc) is 3.65. The Hall–Kier alpha value is -7.17. The third kappa shape index (κ3) is 6.42. The van der Waals surface area contributed by atoms with Crippen molar-refractivity contribution in [2.45, 2.75) is 51.4 Å². The highest BCUT2D eigenvalue weighted by atomic mass is 15.0. The van der Waals surface area contributed by atoms with Crippen LogP contribution in [0.15, 0.2) is 182 Å². The Labute approximate surface area is 357 Å². The lowest BCUT2D eigenvalue weighted by Gasteiger charge is -2.42. The third-order valence-corrected chi connectivity index (χ3v) is 13.1. The Morgan fingerprint density at radius 3 is 1.52 bits per heavy atom. The minimum Gasteiger partial charge on any atom is -0.309 e. The van der Waals surface area contributed by atoms with Crippen molar-refractivity contribution in [1.29, 1.82) is 0 Å². The van der Waals surface area contributed by atoms with Crippen molar-refractivity contribution in [1.82, 2.24) is 19.5 Å². The molecule has 10 aromatic rings. The van der Waals surface area contributed by atoms with Crippen LogP contribution < -0.4 is 0 Å². The predicted molar refractivity (Wildman–Crippen MR) is 254 cm³/mol. The number of hydrogen-bond acceptors (Lipinski definition) is 3. The molecule has 0 aliphatic heterocycles. The van der Waals surface area contributed by atoms with E-state index in [1.807, 2.05) is 18.2 Å². The molecule has 0 radical (unpaired) electrons. The fraction of sp³-hybridized carbons (Fsp3) is 0.140. The summed E-state index contributed by atoms with van der Waals surface area (Å²) in [6.45, 7) is 9.66. The first-order valence-electron chi connectivity index (χ1n) is 21.4. The third-order valence-electron chi connectivity index (χ3n) is 13.1. The van der Waals surface area contributed by atoms with E-state index in [1.165, 1.54) is 50.1 Å². The molecule has 11 rings (SSSR count). The molecule has 1 aliphatic rings. The lowest BCUT2D eigenvalue weighted by Crippen LogP contribution is -2.33. The highest BCUT2D eigenvalue weighted by molar-refractivity contribution is 6.21. The van der Waals surface area contributed by atoms with Crippen LogP contribution in [0.25, 0.3) is 94.7 Å². The molecule has 0 amide bonds. The summed E-state index contributed by atoms with van der Waals surface area (Å²) in [4.78, 5) is 15.7. The topological polar surface area (TPSA) is 43.6 Å². The summed E-state index contributed by atoms with van der Waals surface area (Å²) < 4.78 is 2.47. The van der Waals surface area contributed by atoms with Gasteiger partial charge < -0.3 is 4.57 Å². The van der Waals surface area contributed by atoms with Crippen LogP contribution in [0.3, 0.4) is 0 Å². The van der Waals surface area contributed by atoms with Crippen LogP contribution in [0, 0.1) is 0 Å². The van der Waals surface area contributed by atoms with Gasteiger partial charge in [0.05, 0.1) is 11.0 Å². The summed E-state index contributed by atoms with van der Waals surface area (Å²) >= 11 is 0. The lowest BCUT2D eigenvalue weighted by molar-refractivity contribution is 0.332. The minimum absolute atomic E-state index is 0.0670. The van der Waals surface area contributed by atoms with Gasteiger partial charge in [-0.3, -0.25) is 0 Å². The normalized spacial score (nSPS) is 14.4. The molecule has 2 heterocycles. The van der Waals surface area contributed by atoms with Crippen LogP contribution in [-0.2, 0) is 10.8 Å². The molecule has 4 heteroatoms. The van der Waals surface area contributed by atoms with Crippen LogP contribution in [0.4, 0.5) is 0 Å². The van der Waals surface area contributed by atoms with Crippen molar-refractivity contribution in [2.24, 2.45) is 0 Å². The zero-order valence-electron chi connectivity index (χ0n) is 35.0. The molecular weight excluding hydrogens is 741 g/mol. The maximum Gasteiger partial charge on any atom is 0.164 e. The van der Waals surface area contributed by atoms with Gasteiger partial charge in [-0.1, -0.05) is 161 Å². The average molecular weight is 787 g/mol. The summed E-state index contributed by atoms with van der Waals surface area (Å²) in [7, 11) is 0. The summed E-state index contributed by atoms with van der Waals surface area (Å²) in [5, 5.41) is 5.11. The molecule has 0 saturated carbocycles. The molecule has 2 aromatic heterocycles. The number of nitrogens with zero attached hydrogens (tertiary/aromatic N) is 4. The van der Waals surface area contributed by atoms with Gasteiger partial charge >= 0.3 is 0 Å². The Morgan fingerprint density at radius 2 is 0.885 bits per heavy atom. The fourth-order valence-corrected chi connectivity index (χ4v) is 9.61. The number of benzene rings is 8. The van der Waals surface area contributed by atoms with Gasteiger partial charge in [-0.2, -0.15) is 0 Å². The molecule has 0 fully saturated rings. The number of hydrogen-bond donors (Lipinski definition) is 0. The molecule has 1 aliphatic carbocycles. The van der Waals surface area contributed by atoms with Crippen molar-refractivity contribution in [3.8, 4) is 62.1 Å². The van der Waals surface area contributed by atoms with Crippen molar-refractivity contribution in [3.63, 3.8) is 0 Å². The predicted octanol–water partition coefficient (Wildman–Crippen LogP) is 14.8. The van der Waals surface area contributed by atoms with Crippen LogP contribution in [-0.4, -0.2) is 19.5 Å². The van der Waals surface area contributed by atoms with E-state index >= 15 is 0 Å². The highest BCUT2D eigenvalue weighted by Gasteiger charge is 2.38. The van der Waals surface area contributed by atoms with Crippen LogP contribution in [0.1, 0.15) is 51.7 Å². The van der Waals surface area contributed by atoms with E-state index in [0.29, 0.717) is 17.5 Å². The van der Waals surface area contributed by atoms with Crippen LogP contribution >= 0.6 is 0 Å². The first-order valence-corrected chi connectivity index (χ1v) is 21.4. The first-order chi connectivity index (χ1) is 29.7. The van der Waals surface area contributed by atoms with Gasteiger partial charge in [-0.05, 0) is 116 Å². The molecule has 0 unspecified atom stereocenters. The second-order valence-electron chi connectivity index (χ2n) is 18.0. The van der Waals surface area contributed by atoms with Gasteiger partial charge in [-0.25, -0.2) is 15.0 Å². The summed E-state index contributed by atoms with van der Waals surface area (Å²) in [6, 6.07) is 65.1. The largest absolute Gasteiger partial charge is 0.309 e. The van der Waals surface area contributed by atoms with E-state index in [0.717, 1.165) is 51.1 Å². The lowest BCUT2D eigenvalue weighted by atomic mass is 9.63. The molecule has 0 atom stereocenters. The van der Waals surface area contributed by atoms with Gasteiger partial charge in [0.1, 0.15) is 0 Å². The maximum absolute atomic E-state index is 5.32. The quantitative estimate of drug-likeness (QED) is 0.169.